The maximum atomic E-state index is 13.0. The van der Waals surface area contributed by atoms with E-state index in [1.54, 1.807) is 6.07 Å². The molecule has 0 aliphatic carbocycles. The fraction of sp³-hybridized carbons (Fsp3) is 0.364. The van der Waals surface area contributed by atoms with Crippen molar-refractivity contribution in [2.24, 2.45) is 0 Å². The summed E-state index contributed by atoms with van der Waals surface area (Å²) < 4.78 is 13.0. The highest BCUT2D eigenvalue weighted by molar-refractivity contribution is 6.03. The summed E-state index contributed by atoms with van der Waals surface area (Å²) in [5.41, 5.74) is 1.54. The van der Waals surface area contributed by atoms with E-state index < -0.39 is 0 Å². The summed E-state index contributed by atoms with van der Waals surface area (Å²) in [6.45, 7) is 0.886. The third kappa shape index (κ3) is 1.21. The molecule has 3 nitrogen and oxygen atoms in total. The molecule has 1 N–H and O–H groups in total. The van der Waals surface area contributed by atoms with Crippen LogP contribution >= 0.6 is 0 Å². The first-order chi connectivity index (χ1) is 7.25. The van der Waals surface area contributed by atoms with Crippen molar-refractivity contribution in [3.05, 3.63) is 24.0 Å². The number of fused-ring (bicyclic) bond motifs is 3. The Morgan fingerprint density at radius 1 is 1.47 bits per heavy atom. The fourth-order valence-corrected chi connectivity index (χ4v) is 2.40. The first-order valence-electron chi connectivity index (χ1n) is 5.13. The van der Waals surface area contributed by atoms with Gasteiger partial charge in [-0.25, -0.2) is 4.39 Å². The molecule has 0 aromatic heterocycles. The Hall–Kier alpha value is -1.58. The zero-order valence-corrected chi connectivity index (χ0v) is 8.16. The van der Waals surface area contributed by atoms with Gasteiger partial charge in [-0.2, -0.15) is 0 Å². The van der Waals surface area contributed by atoms with Crippen molar-refractivity contribution in [2.45, 2.75) is 18.9 Å². The zero-order valence-electron chi connectivity index (χ0n) is 8.16. The molecule has 0 bridgehead atoms. The van der Waals surface area contributed by atoms with Gasteiger partial charge in [0.2, 0.25) is 5.91 Å². The van der Waals surface area contributed by atoms with Crippen LogP contribution in [0.25, 0.3) is 0 Å². The molecule has 15 heavy (non-hydrogen) atoms. The lowest BCUT2D eigenvalue weighted by Crippen LogP contribution is -2.43. The van der Waals surface area contributed by atoms with Crippen LogP contribution in [-0.2, 0) is 4.79 Å². The van der Waals surface area contributed by atoms with Crippen molar-refractivity contribution >= 4 is 17.3 Å². The van der Waals surface area contributed by atoms with E-state index in [4.69, 9.17) is 0 Å². The molecule has 1 fully saturated rings. The largest absolute Gasteiger partial charge is 0.358 e. The average molecular weight is 206 g/mol. The highest BCUT2D eigenvalue weighted by Crippen LogP contribution is 2.36. The summed E-state index contributed by atoms with van der Waals surface area (Å²) in [5.74, 6) is -0.322. The van der Waals surface area contributed by atoms with Crippen LogP contribution in [0.2, 0.25) is 0 Å². The van der Waals surface area contributed by atoms with E-state index >= 15 is 0 Å². The van der Waals surface area contributed by atoms with Gasteiger partial charge in [0.15, 0.2) is 0 Å². The van der Waals surface area contributed by atoms with Gasteiger partial charge in [-0.1, -0.05) is 0 Å². The van der Waals surface area contributed by atoms with Gasteiger partial charge in [0.25, 0.3) is 0 Å². The van der Waals surface area contributed by atoms with Gasteiger partial charge in [-0.3, -0.25) is 4.79 Å². The number of hydrogen-bond acceptors (Lipinski definition) is 2. The van der Waals surface area contributed by atoms with Crippen LogP contribution in [0.15, 0.2) is 18.2 Å². The van der Waals surface area contributed by atoms with Crippen LogP contribution in [-0.4, -0.2) is 18.5 Å². The van der Waals surface area contributed by atoms with Crippen molar-refractivity contribution < 1.29 is 9.18 Å². The van der Waals surface area contributed by atoms with Crippen molar-refractivity contribution in [3.8, 4) is 0 Å². The quantitative estimate of drug-likeness (QED) is 0.701. The second kappa shape index (κ2) is 2.95. The Morgan fingerprint density at radius 2 is 2.33 bits per heavy atom. The first-order valence-corrected chi connectivity index (χ1v) is 5.13. The number of nitrogens with zero attached hydrogens (tertiary/aromatic N) is 1. The molecule has 1 aromatic rings. The number of carbonyl (C=O) groups excluding carboxylic acids is 1. The van der Waals surface area contributed by atoms with E-state index in [9.17, 15) is 9.18 Å². The van der Waals surface area contributed by atoms with Crippen LogP contribution < -0.4 is 10.2 Å². The number of benzene rings is 1. The van der Waals surface area contributed by atoms with E-state index in [1.165, 1.54) is 12.1 Å². The number of hydrogen-bond donors (Lipinski definition) is 1. The predicted molar refractivity (Wildman–Crippen MR) is 55.4 cm³/mol. The lowest BCUT2D eigenvalue weighted by molar-refractivity contribution is -0.117. The van der Waals surface area contributed by atoms with Gasteiger partial charge in [0.05, 0.1) is 11.4 Å². The number of carbonyl (C=O) groups is 1. The van der Waals surface area contributed by atoms with Gasteiger partial charge in [-0.15, -0.1) is 0 Å². The van der Waals surface area contributed by atoms with E-state index in [1.807, 2.05) is 0 Å². The van der Waals surface area contributed by atoms with Crippen LogP contribution in [0.3, 0.4) is 0 Å². The molecule has 0 radical (unpaired) electrons. The summed E-state index contributed by atoms with van der Waals surface area (Å²) in [6.07, 6.45) is 1.91. The number of anilines is 2. The fourth-order valence-electron chi connectivity index (χ4n) is 2.40. The van der Waals surface area contributed by atoms with E-state index in [0.29, 0.717) is 5.69 Å². The SMILES string of the molecule is O=C1Nc2cc(F)ccc2N2CCC[C@H]12. The highest BCUT2D eigenvalue weighted by atomic mass is 19.1. The lowest BCUT2D eigenvalue weighted by Gasteiger charge is -2.32. The third-order valence-corrected chi connectivity index (χ3v) is 3.08. The normalized spacial score (nSPS) is 23.4. The maximum absolute atomic E-state index is 13.0. The Morgan fingerprint density at radius 3 is 3.20 bits per heavy atom. The van der Waals surface area contributed by atoms with Gasteiger partial charge < -0.3 is 10.2 Å². The molecule has 3 rings (SSSR count). The van der Waals surface area contributed by atoms with E-state index in [-0.39, 0.29) is 17.8 Å². The third-order valence-electron chi connectivity index (χ3n) is 3.08. The number of nitrogens with one attached hydrogen (secondary N) is 1. The van der Waals surface area contributed by atoms with Crippen LogP contribution in [0, 0.1) is 5.82 Å². The van der Waals surface area contributed by atoms with Crippen molar-refractivity contribution in [3.63, 3.8) is 0 Å². The minimum Gasteiger partial charge on any atom is -0.358 e. The molecule has 1 amide bonds. The van der Waals surface area contributed by atoms with Gasteiger partial charge >= 0.3 is 0 Å². The molecule has 1 saturated heterocycles. The van der Waals surface area contributed by atoms with Crippen molar-refractivity contribution in [2.75, 3.05) is 16.8 Å². The number of rotatable bonds is 0. The second-order valence-corrected chi connectivity index (χ2v) is 4.00. The van der Waals surface area contributed by atoms with Gasteiger partial charge in [0.1, 0.15) is 11.9 Å². The summed E-state index contributed by atoms with van der Waals surface area (Å²) >= 11 is 0. The standard InChI is InChI=1S/C11H11FN2O/c12-7-3-4-9-8(6-7)13-11(15)10-2-1-5-14(9)10/h3-4,6,10H,1-2,5H2,(H,13,15)/t10-/m1/s1. The van der Waals surface area contributed by atoms with E-state index in [2.05, 4.69) is 10.2 Å². The smallest absolute Gasteiger partial charge is 0.247 e. The summed E-state index contributed by atoms with van der Waals surface area (Å²) in [5, 5.41) is 2.75. The van der Waals surface area contributed by atoms with Crippen LogP contribution in [0.5, 0.6) is 0 Å². The zero-order chi connectivity index (χ0) is 10.4. The minimum atomic E-state index is -0.313. The summed E-state index contributed by atoms with van der Waals surface area (Å²) in [4.78, 5) is 13.7. The molecule has 1 aromatic carbocycles. The predicted octanol–water partition coefficient (Wildman–Crippen LogP) is 1.75. The Bertz CT molecular complexity index is 433. The number of halogens is 1. The Labute approximate surface area is 86.9 Å². The topological polar surface area (TPSA) is 32.3 Å². The molecule has 0 saturated carbocycles. The Balaban J connectivity index is 2.11. The molecule has 1 atom stereocenters. The summed E-state index contributed by atoms with van der Waals surface area (Å²) in [6, 6.07) is 4.50. The molecule has 78 valence electrons. The Kier molecular flexibility index (Phi) is 1.71. The second-order valence-electron chi connectivity index (χ2n) is 4.00. The lowest BCUT2D eigenvalue weighted by atomic mass is 10.1. The van der Waals surface area contributed by atoms with Crippen LogP contribution in [0.4, 0.5) is 15.8 Å². The molecule has 0 unspecified atom stereocenters. The molecule has 0 spiro atoms. The van der Waals surface area contributed by atoms with Crippen LogP contribution in [0.1, 0.15) is 12.8 Å². The van der Waals surface area contributed by atoms with E-state index in [0.717, 1.165) is 25.1 Å². The molecule has 2 aliphatic heterocycles. The maximum Gasteiger partial charge on any atom is 0.247 e. The minimum absolute atomic E-state index is 0.00870. The average Bonchev–Trinajstić information content (AvgIpc) is 2.66. The molecule has 2 heterocycles. The monoisotopic (exact) mass is 206 g/mol. The van der Waals surface area contributed by atoms with Gasteiger partial charge in [-0.05, 0) is 31.0 Å². The highest BCUT2D eigenvalue weighted by Gasteiger charge is 2.36. The first kappa shape index (κ1) is 8.71. The molecular weight excluding hydrogens is 195 g/mol. The van der Waals surface area contributed by atoms with Gasteiger partial charge in [0, 0.05) is 6.54 Å². The van der Waals surface area contributed by atoms with Crippen molar-refractivity contribution in [1.29, 1.82) is 0 Å². The van der Waals surface area contributed by atoms with Crippen molar-refractivity contribution in [1.82, 2.24) is 0 Å². The molecular formula is C11H11FN2O. The molecule has 2 aliphatic rings. The molecule has 4 heteroatoms. The number of amides is 1. The summed E-state index contributed by atoms with van der Waals surface area (Å²) in [7, 11) is 0.